The second-order valence-electron chi connectivity index (χ2n) is 3.31. The third kappa shape index (κ3) is 1.72. The van der Waals surface area contributed by atoms with Gasteiger partial charge in [-0.05, 0) is 24.8 Å². The van der Waals surface area contributed by atoms with Crippen LogP contribution in [0.25, 0.3) is 0 Å². The van der Waals surface area contributed by atoms with Crippen molar-refractivity contribution in [2.75, 3.05) is 0 Å². The molecule has 1 unspecified atom stereocenters. The smallest absolute Gasteiger partial charge is 0.0816 e. The molecule has 1 aliphatic heterocycles. The predicted octanol–water partition coefficient (Wildman–Crippen LogP) is 2.11. The van der Waals surface area contributed by atoms with E-state index in [0.717, 1.165) is 17.7 Å². The normalized spacial score (nSPS) is 28.8. The van der Waals surface area contributed by atoms with E-state index in [0.29, 0.717) is 0 Å². The summed E-state index contributed by atoms with van der Waals surface area (Å²) in [5, 5.41) is 5.84. The van der Waals surface area contributed by atoms with Crippen LogP contribution in [0.4, 0.5) is 0 Å². The van der Waals surface area contributed by atoms with Gasteiger partial charge in [-0.15, -0.1) is 0 Å². The lowest BCUT2D eigenvalue weighted by atomic mass is 9.89. The molecule has 0 aromatic heterocycles. The van der Waals surface area contributed by atoms with Crippen LogP contribution in [0.5, 0.6) is 0 Å². The van der Waals surface area contributed by atoms with Gasteiger partial charge in [0.1, 0.15) is 0 Å². The SMILES string of the molecule is C=C(/C=C\S)C1(C)CC(C)=NN1. The molecule has 0 aromatic carbocycles. The molecule has 1 aliphatic rings. The van der Waals surface area contributed by atoms with Gasteiger partial charge < -0.3 is 0 Å². The Morgan fingerprint density at radius 2 is 2.50 bits per heavy atom. The fourth-order valence-corrected chi connectivity index (χ4v) is 1.45. The summed E-state index contributed by atoms with van der Waals surface area (Å²) < 4.78 is 0. The van der Waals surface area contributed by atoms with Crippen LogP contribution in [-0.2, 0) is 0 Å². The lowest BCUT2D eigenvalue weighted by Gasteiger charge is -2.24. The highest BCUT2D eigenvalue weighted by Gasteiger charge is 2.30. The van der Waals surface area contributed by atoms with Crippen molar-refractivity contribution in [1.29, 1.82) is 0 Å². The van der Waals surface area contributed by atoms with Crippen molar-refractivity contribution < 1.29 is 0 Å². The lowest BCUT2D eigenvalue weighted by Crippen LogP contribution is -2.36. The Morgan fingerprint density at radius 1 is 1.83 bits per heavy atom. The van der Waals surface area contributed by atoms with E-state index in [1.54, 1.807) is 5.41 Å². The Labute approximate surface area is 78.8 Å². The molecule has 0 fully saturated rings. The molecule has 0 spiro atoms. The molecule has 1 rings (SSSR count). The Hall–Kier alpha value is -0.700. The van der Waals surface area contributed by atoms with E-state index in [4.69, 9.17) is 0 Å². The van der Waals surface area contributed by atoms with Crippen molar-refractivity contribution in [3.63, 3.8) is 0 Å². The first-order valence-corrected chi connectivity index (χ1v) is 4.40. The van der Waals surface area contributed by atoms with Gasteiger partial charge in [-0.1, -0.05) is 12.7 Å². The first-order chi connectivity index (χ1) is 5.58. The van der Waals surface area contributed by atoms with Crippen LogP contribution >= 0.6 is 12.6 Å². The van der Waals surface area contributed by atoms with Gasteiger partial charge in [-0.25, -0.2) is 0 Å². The van der Waals surface area contributed by atoms with E-state index in [9.17, 15) is 0 Å². The zero-order valence-corrected chi connectivity index (χ0v) is 8.36. The summed E-state index contributed by atoms with van der Waals surface area (Å²) in [5.74, 6) is 0. The fourth-order valence-electron chi connectivity index (χ4n) is 1.27. The summed E-state index contributed by atoms with van der Waals surface area (Å²) in [6.07, 6.45) is 2.81. The van der Waals surface area contributed by atoms with Crippen LogP contribution in [0.1, 0.15) is 20.3 Å². The standard InChI is InChI=1S/C9H14N2S/c1-7(4-5-12)9(3)6-8(2)10-11-9/h4-5,11-12H,1,6H2,2-3H3/b5-4-. The topological polar surface area (TPSA) is 24.4 Å². The molecular formula is C9H14N2S. The summed E-state index contributed by atoms with van der Waals surface area (Å²) in [4.78, 5) is 0. The number of hydrogen-bond acceptors (Lipinski definition) is 3. The Kier molecular flexibility index (Phi) is 2.62. The van der Waals surface area contributed by atoms with Crippen LogP contribution in [0.15, 0.2) is 28.7 Å². The minimum atomic E-state index is -0.108. The third-order valence-corrected chi connectivity index (χ3v) is 2.24. The van der Waals surface area contributed by atoms with Crippen molar-refractivity contribution in [3.8, 4) is 0 Å². The number of hydrogen-bond donors (Lipinski definition) is 2. The minimum Gasteiger partial charge on any atom is -0.299 e. The van der Waals surface area contributed by atoms with Gasteiger partial charge in [0, 0.05) is 12.1 Å². The van der Waals surface area contributed by atoms with Crippen molar-refractivity contribution in [2.24, 2.45) is 5.10 Å². The molecule has 0 saturated carbocycles. The van der Waals surface area contributed by atoms with Gasteiger partial charge in [0.05, 0.1) is 5.54 Å². The third-order valence-electron chi connectivity index (χ3n) is 2.09. The van der Waals surface area contributed by atoms with E-state index in [-0.39, 0.29) is 5.54 Å². The molecule has 0 aromatic rings. The average molecular weight is 182 g/mol. The highest BCUT2D eigenvalue weighted by Crippen LogP contribution is 2.25. The van der Waals surface area contributed by atoms with Gasteiger partial charge >= 0.3 is 0 Å². The summed E-state index contributed by atoms with van der Waals surface area (Å²) in [5.41, 5.74) is 5.09. The number of hydrazone groups is 1. The highest BCUT2D eigenvalue weighted by molar-refractivity contribution is 7.83. The molecule has 0 radical (unpaired) electrons. The van der Waals surface area contributed by atoms with E-state index >= 15 is 0 Å². The van der Waals surface area contributed by atoms with Gasteiger partial charge in [0.2, 0.25) is 0 Å². The molecule has 2 nitrogen and oxygen atoms in total. The van der Waals surface area contributed by atoms with Gasteiger partial charge in [-0.2, -0.15) is 17.7 Å². The molecule has 1 N–H and O–H groups in total. The minimum absolute atomic E-state index is 0.108. The zero-order chi connectivity index (χ0) is 9.19. The second kappa shape index (κ2) is 3.35. The van der Waals surface area contributed by atoms with E-state index in [2.05, 4.69) is 36.7 Å². The number of thiol groups is 1. The second-order valence-corrected chi connectivity index (χ2v) is 3.61. The molecule has 3 heteroatoms. The molecule has 66 valence electrons. The van der Waals surface area contributed by atoms with Crippen molar-refractivity contribution in [3.05, 3.63) is 23.6 Å². The first-order valence-electron chi connectivity index (χ1n) is 3.89. The summed E-state index contributed by atoms with van der Waals surface area (Å²) in [6.45, 7) is 8.06. The number of nitrogens with zero attached hydrogens (tertiary/aromatic N) is 1. The van der Waals surface area contributed by atoms with Crippen molar-refractivity contribution >= 4 is 18.3 Å². The van der Waals surface area contributed by atoms with E-state index < -0.39 is 0 Å². The van der Waals surface area contributed by atoms with Gasteiger partial charge in [-0.3, -0.25) is 5.43 Å². The Bertz CT molecular complexity index is 255. The molecule has 0 amide bonds. The Balaban J connectivity index is 2.70. The van der Waals surface area contributed by atoms with Crippen LogP contribution in [0.2, 0.25) is 0 Å². The van der Waals surface area contributed by atoms with Gasteiger partial charge in [0.15, 0.2) is 0 Å². The quantitative estimate of drug-likeness (QED) is 0.496. The number of nitrogens with one attached hydrogen (secondary N) is 1. The van der Waals surface area contributed by atoms with E-state index in [1.165, 1.54) is 0 Å². The summed E-state index contributed by atoms with van der Waals surface area (Å²) in [7, 11) is 0. The van der Waals surface area contributed by atoms with Crippen LogP contribution in [-0.4, -0.2) is 11.3 Å². The fraction of sp³-hybridized carbons (Fsp3) is 0.444. The molecule has 0 bridgehead atoms. The van der Waals surface area contributed by atoms with Crippen LogP contribution in [0, 0.1) is 0 Å². The zero-order valence-electron chi connectivity index (χ0n) is 7.46. The maximum Gasteiger partial charge on any atom is 0.0816 e. The summed E-state index contributed by atoms with van der Waals surface area (Å²) in [6, 6.07) is 0. The highest BCUT2D eigenvalue weighted by atomic mass is 32.1. The lowest BCUT2D eigenvalue weighted by molar-refractivity contribution is 0.484. The Morgan fingerprint density at radius 3 is 2.92 bits per heavy atom. The summed E-state index contributed by atoms with van der Waals surface area (Å²) >= 11 is 4.01. The molecule has 1 heterocycles. The van der Waals surface area contributed by atoms with Crippen LogP contribution < -0.4 is 5.43 Å². The van der Waals surface area contributed by atoms with E-state index in [1.807, 2.05) is 13.0 Å². The maximum atomic E-state index is 4.14. The van der Waals surface area contributed by atoms with Gasteiger partial charge in [0.25, 0.3) is 0 Å². The first kappa shape index (κ1) is 9.39. The largest absolute Gasteiger partial charge is 0.299 e. The monoisotopic (exact) mass is 182 g/mol. The molecule has 0 saturated heterocycles. The maximum absolute atomic E-state index is 4.14. The molecule has 1 atom stereocenters. The van der Waals surface area contributed by atoms with Crippen LogP contribution in [0.3, 0.4) is 0 Å². The van der Waals surface area contributed by atoms with Crippen molar-refractivity contribution in [1.82, 2.24) is 5.43 Å². The number of rotatable bonds is 2. The molecule has 12 heavy (non-hydrogen) atoms. The average Bonchev–Trinajstić information content (AvgIpc) is 2.33. The molecule has 0 aliphatic carbocycles. The predicted molar refractivity (Wildman–Crippen MR) is 56.5 cm³/mol. The molecular weight excluding hydrogens is 168 g/mol. The van der Waals surface area contributed by atoms with Crippen molar-refractivity contribution in [2.45, 2.75) is 25.8 Å².